The van der Waals surface area contributed by atoms with Crippen LogP contribution in [0.15, 0.2) is 31.4 Å². The molecule has 0 aromatic carbocycles. The molecule has 0 spiro atoms. The zero-order valence-corrected chi connectivity index (χ0v) is 10.5. The van der Waals surface area contributed by atoms with E-state index in [0.29, 0.717) is 0 Å². The van der Waals surface area contributed by atoms with Crippen molar-refractivity contribution in [1.29, 1.82) is 0 Å². The normalized spacial score (nSPS) is 13.2. The standard InChI is InChI=1S/C9H10Cl3N3O/c1-2-7(16)14-8(9(11,12)5-10)15-4-3-13-6-15/h2-4,6,8H,1,5H2,(H,14,16). The Labute approximate surface area is 108 Å². The van der Waals surface area contributed by atoms with E-state index in [1.165, 1.54) is 6.33 Å². The molecule has 7 heteroatoms. The highest BCUT2D eigenvalue weighted by Gasteiger charge is 2.36. The van der Waals surface area contributed by atoms with Gasteiger partial charge in [0.2, 0.25) is 5.91 Å². The molecule has 1 rings (SSSR count). The number of alkyl halides is 3. The first-order valence-electron chi connectivity index (χ1n) is 4.35. The van der Waals surface area contributed by atoms with E-state index < -0.39 is 16.4 Å². The van der Waals surface area contributed by atoms with E-state index in [-0.39, 0.29) is 5.88 Å². The average Bonchev–Trinajstić information content (AvgIpc) is 2.78. The molecule has 1 heterocycles. The highest BCUT2D eigenvalue weighted by Crippen LogP contribution is 2.33. The molecule has 4 nitrogen and oxygen atoms in total. The van der Waals surface area contributed by atoms with Crippen LogP contribution in [-0.4, -0.2) is 25.7 Å². The number of imidazole rings is 1. The molecule has 0 aliphatic rings. The molecule has 0 radical (unpaired) electrons. The highest BCUT2D eigenvalue weighted by atomic mass is 35.5. The van der Waals surface area contributed by atoms with E-state index in [1.54, 1.807) is 17.0 Å². The van der Waals surface area contributed by atoms with Gasteiger partial charge >= 0.3 is 0 Å². The van der Waals surface area contributed by atoms with Gasteiger partial charge < -0.3 is 9.88 Å². The van der Waals surface area contributed by atoms with Gasteiger partial charge in [-0.25, -0.2) is 4.98 Å². The second-order valence-electron chi connectivity index (χ2n) is 3.02. The highest BCUT2D eigenvalue weighted by molar-refractivity contribution is 6.51. The molecule has 1 aromatic rings. The molecule has 16 heavy (non-hydrogen) atoms. The van der Waals surface area contributed by atoms with Crippen LogP contribution < -0.4 is 5.32 Å². The van der Waals surface area contributed by atoms with Gasteiger partial charge in [-0.2, -0.15) is 0 Å². The molecular weight excluding hydrogens is 272 g/mol. The lowest BCUT2D eigenvalue weighted by molar-refractivity contribution is -0.117. The fraction of sp³-hybridized carbons (Fsp3) is 0.333. The SMILES string of the molecule is C=CC(=O)NC(n1ccnc1)C(Cl)(Cl)CCl. The first-order valence-corrected chi connectivity index (χ1v) is 5.64. The van der Waals surface area contributed by atoms with Crippen molar-refractivity contribution in [1.82, 2.24) is 14.9 Å². The molecule has 1 N–H and O–H groups in total. The van der Waals surface area contributed by atoms with Gasteiger partial charge in [0.25, 0.3) is 0 Å². The number of hydrogen-bond acceptors (Lipinski definition) is 2. The lowest BCUT2D eigenvalue weighted by Crippen LogP contribution is -2.43. The molecule has 0 saturated heterocycles. The second kappa shape index (κ2) is 5.57. The number of hydrogen-bond donors (Lipinski definition) is 1. The van der Waals surface area contributed by atoms with Gasteiger partial charge in [0.1, 0.15) is 6.17 Å². The van der Waals surface area contributed by atoms with Crippen LogP contribution >= 0.6 is 34.8 Å². The van der Waals surface area contributed by atoms with Crippen LogP contribution in [0, 0.1) is 0 Å². The maximum Gasteiger partial charge on any atom is 0.245 e. The van der Waals surface area contributed by atoms with Crippen LogP contribution in [0.3, 0.4) is 0 Å². The van der Waals surface area contributed by atoms with Gasteiger partial charge in [-0.05, 0) is 6.08 Å². The van der Waals surface area contributed by atoms with Crippen molar-refractivity contribution < 1.29 is 4.79 Å². The van der Waals surface area contributed by atoms with E-state index >= 15 is 0 Å². The third-order valence-corrected chi connectivity index (χ3v) is 3.24. The molecule has 0 saturated carbocycles. The number of aromatic nitrogens is 2. The Morgan fingerprint density at radius 1 is 1.69 bits per heavy atom. The van der Waals surface area contributed by atoms with Gasteiger partial charge in [-0.3, -0.25) is 4.79 Å². The minimum absolute atomic E-state index is 0.0453. The summed E-state index contributed by atoms with van der Waals surface area (Å²) in [6.45, 7) is 3.35. The largest absolute Gasteiger partial charge is 0.329 e. The Morgan fingerprint density at radius 3 is 2.81 bits per heavy atom. The summed E-state index contributed by atoms with van der Waals surface area (Å²) in [4.78, 5) is 15.1. The number of rotatable bonds is 5. The van der Waals surface area contributed by atoms with Crippen molar-refractivity contribution in [3.63, 3.8) is 0 Å². The van der Waals surface area contributed by atoms with Crippen molar-refractivity contribution in [2.45, 2.75) is 10.5 Å². The molecule has 88 valence electrons. The first-order chi connectivity index (χ1) is 7.51. The van der Waals surface area contributed by atoms with E-state index in [0.717, 1.165) is 6.08 Å². The van der Waals surface area contributed by atoms with Crippen molar-refractivity contribution in [2.24, 2.45) is 0 Å². The molecule has 1 amide bonds. The minimum Gasteiger partial charge on any atom is -0.329 e. The number of amides is 1. The molecule has 1 atom stereocenters. The Morgan fingerprint density at radius 2 is 2.38 bits per heavy atom. The third-order valence-electron chi connectivity index (χ3n) is 1.87. The summed E-state index contributed by atoms with van der Waals surface area (Å²) in [7, 11) is 0. The number of carbonyl (C=O) groups is 1. The van der Waals surface area contributed by atoms with Gasteiger partial charge in [0, 0.05) is 12.4 Å². The van der Waals surface area contributed by atoms with E-state index in [2.05, 4.69) is 16.9 Å². The Bertz CT molecular complexity index is 364. The molecule has 0 fully saturated rings. The van der Waals surface area contributed by atoms with Crippen molar-refractivity contribution in [2.75, 3.05) is 5.88 Å². The van der Waals surface area contributed by atoms with Gasteiger partial charge in [-0.1, -0.05) is 29.8 Å². The maximum atomic E-state index is 11.3. The lowest BCUT2D eigenvalue weighted by Gasteiger charge is -2.29. The summed E-state index contributed by atoms with van der Waals surface area (Å²) in [5.41, 5.74) is 0. The molecule has 0 aliphatic heterocycles. The summed E-state index contributed by atoms with van der Waals surface area (Å²) < 4.78 is 0.227. The fourth-order valence-corrected chi connectivity index (χ4v) is 1.57. The predicted molar refractivity (Wildman–Crippen MR) is 64.8 cm³/mol. The molecule has 1 aromatic heterocycles. The van der Waals surface area contributed by atoms with E-state index in [4.69, 9.17) is 34.8 Å². The van der Waals surface area contributed by atoms with E-state index in [9.17, 15) is 4.79 Å². The fourth-order valence-electron chi connectivity index (χ4n) is 1.09. The van der Waals surface area contributed by atoms with Gasteiger partial charge in [-0.15, -0.1) is 11.6 Å². The van der Waals surface area contributed by atoms with Crippen LogP contribution in [-0.2, 0) is 4.79 Å². The van der Waals surface area contributed by atoms with Crippen LogP contribution in [0.1, 0.15) is 6.17 Å². The van der Waals surface area contributed by atoms with Crippen molar-refractivity contribution >= 4 is 40.7 Å². The molecular formula is C9H10Cl3N3O. The van der Waals surface area contributed by atoms with E-state index in [1.807, 2.05) is 0 Å². The average molecular weight is 283 g/mol. The second-order valence-corrected chi connectivity index (χ2v) is 4.83. The number of nitrogens with one attached hydrogen (secondary N) is 1. The Hall–Kier alpha value is -0.710. The lowest BCUT2D eigenvalue weighted by atomic mass is 10.3. The zero-order chi connectivity index (χ0) is 12.2. The summed E-state index contributed by atoms with van der Waals surface area (Å²) in [5, 5.41) is 2.58. The summed E-state index contributed by atoms with van der Waals surface area (Å²) >= 11 is 17.7. The molecule has 0 bridgehead atoms. The first kappa shape index (κ1) is 13.4. The summed E-state index contributed by atoms with van der Waals surface area (Å²) in [6.07, 6.45) is 5.08. The number of nitrogens with zero attached hydrogens (tertiary/aromatic N) is 2. The van der Waals surface area contributed by atoms with Crippen LogP contribution in [0.25, 0.3) is 0 Å². The Kier molecular flexibility index (Phi) is 4.65. The Balaban J connectivity index is 2.94. The van der Waals surface area contributed by atoms with Gasteiger partial charge in [0.15, 0.2) is 4.33 Å². The summed E-state index contributed by atoms with van der Waals surface area (Å²) in [6, 6.07) is 0. The monoisotopic (exact) mass is 281 g/mol. The summed E-state index contributed by atoms with van der Waals surface area (Å²) in [5.74, 6) is -0.439. The predicted octanol–water partition coefficient (Wildman–Crippen LogP) is 2.10. The van der Waals surface area contributed by atoms with Crippen molar-refractivity contribution in [3.05, 3.63) is 31.4 Å². The number of carbonyl (C=O) groups excluding carboxylic acids is 1. The van der Waals surface area contributed by atoms with Crippen LogP contribution in [0.5, 0.6) is 0 Å². The van der Waals surface area contributed by atoms with Crippen LogP contribution in [0.2, 0.25) is 0 Å². The smallest absolute Gasteiger partial charge is 0.245 e. The maximum absolute atomic E-state index is 11.3. The topological polar surface area (TPSA) is 46.9 Å². The zero-order valence-electron chi connectivity index (χ0n) is 8.24. The third kappa shape index (κ3) is 3.14. The molecule has 1 unspecified atom stereocenters. The number of halogens is 3. The van der Waals surface area contributed by atoms with Crippen molar-refractivity contribution in [3.8, 4) is 0 Å². The van der Waals surface area contributed by atoms with Crippen LogP contribution in [0.4, 0.5) is 0 Å². The minimum atomic E-state index is -1.33. The molecule has 0 aliphatic carbocycles. The quantitative estimate of drug-likeness (QED) is 0.664. The van der Waals surface area contributed by atoms with Gasteiger partial charge in [0.05, 0.1) is 12.2 Å².